The highest BCUT2D eigenvalue weighted by molar-refractivity contribution is 9.10. The Hall–Kier alpha value is -2.17. The van der Waals surface area contributed by atoms with Crippen LogP contribution in [0.2, 0.25) is 5.02 Å². The lowest BCUT2D eigenvalue weighted by Gasteiger charge is -2.05. The third-order valence-electron chi connectivity index (χ3n) is 3.98. The van der Waals surface area contributed by atoms with Gasteiger partial charge in [-0.25, -0.2) is 4.79 Å². The molecule has 5 heteroatoms. The first kappa shape index (κ1) is 17.6. The largest absolute Gasteiger partial charge is 0.463 e. The minimum absolute atomic E-state index is 0.402. The standard InChI is InChI=1S/C20H14BrClO3/c1-25-20(24)19(23)18-13(5-2-12-3-7-16(22)8-4-12)10-14-11-15(21)6-9-17(14)18/h2-9,11H,10H2,1H3/b5-2+. The summed E-state index contributed by atoms with van der Waals surface area (Å²) >= 11 is 9.34. The molecule has 0 aromatic heterocycles. The molecule has 0 amide bonds. The van der Waals surface area contributed by atoms with Gasteiger partial charge in [0.25, 0.3) is 5.78 Å². The number of esters is 1. The fourth-order valence-corrected chi connectivity index (χ4v) is 3.33. The van der Waals surface area contributed by atoms with E-state index in [4.69, 9.17) is 11.6 Å². The molecule has 0 saturated carbocycles. The van der Waals surface area contributed by atoms with Gasteiger partial charge in [0.05, 0.1) is 7.11 Å². The van der Waals surface area contributed by atoms with Gasteiger partial charge < -0.3 is 4.74 Å². The zero-order valence-corrected chi connectivity index (χ0v) is 15.7. The van der Waals surface area contributed by atoms with Crippen LogP contribution in [0.1, 0.15) is 16.7 Å². The predicted molar refractivity (Wildman–Crippen MR) is 102 cm³/mol. The highest BCUT2D eigenvalue weighted by Gasteiger charge is 2.30. The van der Waals surface area contributed by atoms with Crippen LogP contribution in [-0.4, -0.2) is 18.9 Å². The summed E-state index contributed by atoms with van der Waals surface area (Å²) < 4.78 is 5.55. The SMILES string of the molecule is COC(=O)C(=O)C1=C(/C=C/c2ccc(Cl)cc2)Cc2cc(Br)ccc21. The molecule has 0 spiro atoms. The van der Waals surface area contributed by atoms with Gasteiger partial charge in [-0.1, -0.05) is 57.9 Å². The molecule has 1 aliphatic rings. The van der Waals surface area contributed by atoms with E-state index in [9.17, 15) is 9.59 Å². The Bertz CT molecular complexity index is 911. The summed E-state index contributed by atoms with van der Waals surface area (Å²) in [4.78, 5) is 24.3. The number of fused-ring (bicyclic) bond motifs is 1. The third kappa shape index (κ3) is 3.75. The normalized spacial score (nSPS) is 13.2. The molecule has 0 aliphatic heterocycles. The molecule has 126 valence electrons. The number of benzene rings is 2. The molecule has 1 aliphatic carbocycles. The fourth-order valence-electron chi connectivity index (χ4n) is 2.79. The molecule has 0 heterocycles. The summed E-state index contributed by atoms with van der Waals surface area (Å²) in [6.45, 7) is 0. The Morgan fingerprint density at radius 1 is 1.12 bits per heavy atom. The van der Waals surface area contributed by atoms with Crippen LogP contribution in [0, 0.1) is 0 Å². The Kier molecular flexibility index (Phi) is 5.21. The summed E-state index contributed by atoms with van der Waals surface area (Å²) in [5.74, 6) is -1.48. The number of halogens is 2. The zero-order chi connectivity index (χ0) is 18.0. The van der Waals surface area contributed by atoms with Crippen molar-refractivity contribution in [3.05, 3.63) is 80.3 Å². The molecular formula is C20H14BrClO3. The van der Waals surface area contributed by atoms with Crippen molar-refractivity contribution in [2.24, 2.45) is 0 Å². The summed E-state index contributed by atoms with van der Waals surface area (Å²) in [7, 11) is 1.21. The lowest BCUT2D eigenvalue weighted by atomic mass is 10.0. The average Bonchev–Trinajstić information content (AvgIpc) is 2.97. The van der Waals surface area contributed by atoms with E-state index in [-0.39, 0.29) is 0 Å². The topological polar surface area (TPSA) is 43.4 Å². The first-order chi connectivity index (χ1) is 12.0. The number of carbonyl (C=O) groups is 2. The van der Waals surface area contributed by atoms with Gasteiger partial charge in [0, 0.05) is 15.1 Å². The molecule has 2 aromatic rings. The van der Waals surface area contributed by atoms with Gasteiger partial charge in [-0.2, -0.15) is 0 Å². The van der Waals surface area contributed by atoms with Crippen LogP contribution < -0.4 is 0 Å². The summed E-state index contributed by atoms with van der Waals surface area (Å²) in [6, 6.07) is 13.0. The highest BCUT2D eigenvalue weighted by Crippen LogP contribution is 2.36. The van der Waals surface area contributed by atoms with Crippen LogP contribution in [0.25, 0.3) is 11.6 Å². The number of ketones is 1. The van der Waals surface area contributed by atoms with Crippen molar-refractivity contribution in [3.63, 3.8) is 0 Å². The Morgan fingerprint density at radius 3 is 2.52 bits per heavy atom. The van der Waals surface area contributed by atoms with Crippen LogP contribution >= 0.6 is 27.5 Å². The molecule has 0 bridgehead atoms. The summed E-state index contributed by atoms with van der Waals surface area (Å²) in [5, 5.41) is 0.663. The van der Waals surface area contributed by atoms with E-state index >= 15 is 0 Å². The van der Waals surface area contributed by atoms with E-state index in [2.05, 4.69) is 20.7 Å². The Labute approximate surface area is 159 Å². The first-order valence-electron chi connectivity index (χ1n) is 7.58. The molecule has 0 fully saturated rings. The number of rotatable bonds is 4. The molecule has 0 saturated heterocycles. The van der Waals surface area contributed by atoms with Gasteiger partial charge in [-0.05, 0) is 52.9 Å². The number of hydrogen-bond acceptors (Lipinski definition) is 3. The van der Waals surface area contributed by atoms with Crippen molar-refractivity contribution in [3.8, 4) is 0 Å². The summed E-state index contributed by atoms with van der Waals surface area (Å²) in [6.07, 6.45) is 4.35. The van der Waals surface area contributed by atoms with Crippen molar-refractivity contribution < 1.29 is 14.3 Å². The smallest absolute Gasteiger partial charge is 0.379 e. The van der Waals surface area contributed by atoms with E-state index in [0.29, 0.717) is 17.0 Å². The highest BCUT2D eigenvalue weighted by atomic mass is 79.9. The number of hydrogen-bond donors (Lipinski definition) is 0. The average molecular weight is 418 g/mol. The van der Waals surface area contributed by atoms with Crippen molar-refractivity contribution in [2.45, 2.75) is 6.42 Å². The van der Waals surface area contributed by atoms with Gasteiger partial charge >= 0.3 is 5.97 Å². The first-order valence-corrected chi connectivity index (χ1v) is 8.75. The maximum atomic E-state index is 12.5. The van der Waals surface area contributed by atoms with Gasteiger partial charge in [0.2, 0.25) is 0 Å². The lowest BCUT2D eigenvalue weighted by molar-refractivity contribution is -0.149. The molecule has 0 radical (unpaired) electrons. The lowest BCUT2D eigenvalue weighted by Crippen LogP contribution is -2.17. The molecule has 2 aromatic carbocycles. The maximum absolute atomic E-state index is 12.5. The zero-order valence-electron chi connectivity index (χ0n) is 13.4. The number of Topliss-reactive ketones (excluding diaryl/α,β-unsaturated/α-hetero) is 1. The number of ether oxygens (including phenoxy) is 1. The Morgan fingerprint density at radius 2 is 1.84 bits per heavy atom. The molecular weight excluding hydrogens is 404 g/mol. The monoisotopic (exact) mass is 416 g/mol. The van der Waals surface area contributed by atoms with Crippen molar-refractivity contribution in [2.75, 3.05) is 7.11 Å². The predicted octanol–water partition coefficient (Wildman–Crippen LogP) is 4.87. The number of carbonyl (C=O) groups excluding carboxylic acids is 2. The van der Waals surface area contributed by atoms with Gasteiger partial charge in [-0.15, -0.1) is 0 Å². The van der Waals surface area contributed by atoms with E-state index in [1.54, 1.807) is 12.1 Å². The van der Waals surface area contributed by atoms with E-state index in [1.807, 2.05) is 42.5 Å². The van der Waals surface area contributed by atoms with Crippen LogP contribution in [-0.2, 0) is 20.7 Å². The molecule has 0 N–H and O–H groups in total. The van der Waals surface area contributed by atoms with Crippen molar-refractivity contribution in [1.82, 2.24) is 0 Å². The third-order valence-corrected chi connectivity index (χ3v) is 4.73. The second kappa shape index (κ2) is 7.38. The molecule has 3 rings (SSSR count). The second-order valence-corrected chi connectivity index (χ2v) is 6.94. The van der Waals surface area contributed by atoms with Gasteiger partial charge in [-0.3, -0.25) is 4.79 Å². The van der Waals surface area contributed by atoms with Crippen LogP contribution in [0.3, 0.4) is 0 Å². The maximum Gasteiger partial charge on any atom is 0.379 e. The van der Waals surface area contributed by atoms with Crippen molar-refractivity contribution >= 4 is 50.9 Å². The van der Waals surface area contributed by atoms with Gasteiger partial charge in [0.1, 0.15) is 0 Å². The molecule has 25 heavy (non-hydrogen) atoms. The minimum atomic E-state index is -0.858. The second-order valence-electron chi connectivity index (χ2n) is 5.58. The molecule has 0 unspecified atom stereocenters. The van der Waals surface area contributed by atoms with E-state index in [1.165, 1.54) is 7.11 Å². The number of methoxy groups -OCH3 is 1. The van der Waals surface area contributed by atoms with E-state index < -0.39 is 11.8 Å². The van der Waals surface area contributed by atoms with Crippen molar-refractivity contribution in [1.29, 1.82) is 0 Å². The fraction of sp³-hybridized carbons (Fsp3) is 0.100. The van der Waals surface area contributed by atoms with Gasteiger partial charge in [0.15, 0.2) is 0 Å². The van der Waals surface area contributed by atoms with Crippen LogP contribution in [0.15, 0.2) is 58.6 Å². The summed E-state index contributed by atoms with van der Waals surface area (Å²) in [5.41, 5.74) is 3.92. The number of allylic oxidation sites excluding steroid dienone is 2. The van der Waals surface area contributed by atoms with Crippen LogP contribution in [0.5, 0.6) is 0 Å². The molecule has 0 atom stereocenters. The van der Waals surface area contributed by atoms with Crippen LogP contribution in [0.4, 0.5) is 0 Å². The van der Waals surface area contributed by atoms with E-state index in [0.717, 1.165) is 26.7 Å². The Balaban J connectivity index is 2.02. The molecule has 3 nitrogen and oxygen atoms in total. The quantitative estimate of drug-likeness (QED) is 0.527. The minimum Gasteiger partial charge on any atom is -0.463 e.